The number of carbonyl (C=O) groups is 1. The Labute approximate surface area is 98.9 Å². The number of nitrogens with zero attached hydrogens (tertiary/aromatic N) is 1. The first-order valence-electron chi connectivity index (χ1n) is 5.12. The molecule has 0 saturated carbocycles. The van der Waals surface area contributed by atoms with E-state index in [-0.39, 0.29) is 12.2 Å². The average molecular weight is 241 g/mol. The summed E-state index contributed by atoms with van der Waals surface area (Å²) >= 11 is 6.04. The average Bonchev–Trinajstić information content (AvgIpc) is 2.61. The molecular weight excluding hydrogens is 228 g/mol. The van der Waals surface area contributed by atoms with Gasteiger partial charge in [0.2, 0.25) is 0 Å². The molecule has 2 N–H and O–H groups in total. The number of ether oxygens (including phenoxy) is 1. The van der Waals surface area contributed by atoms with Gasteiger partial charge in [-0.05, 0) is 6.07 Å². The van der Waals surface area contributed by atoms with Crippen molar-refractivity contribution < 1.29 is 9.53 Å². The molecule has 1 amide bonds. The van der Waals surface area contributed by atoms with Crippen LogP contribution in [0, 0.1) is 0 Å². The van der Waals surface area contributed by atoms with Gasteiger partial charge in [-0.1, -0.05) is 29.8 Å². The molecule has 2 rings (SSSR count). The van der Waals surface area contributed by atoms with Crippen molar-refractivity contribution in [1.82, 2.24) is 4.90 Å². The zero-order chi connectivity index (χ0) is 11.5. The monoisotopic (exact) mass is 240 g/mol. The van der Waals surface area contributed by atoms with E-state index in [9.17, 15) is 4.79 Å². The van der Waals surface area contributed by atoms with Crippen LogP contribution >= 0.6 is 11.6 Å². The first kappa shape index (κ1) is 11.2. The minimum Gasteiger partial charge on any atom is -0.439 e. The molecule has 1 atom stereocenters. The molecule has 16 heavy (non-hydrogen) atoms. The zero-order valence-electron chi connectivity index (χ0n) is 8.73. The number of hydrogen-bond acceptors (Lipinski definition) is 3. The smallest absolute Gasteiger partial charge is 0.410 e. The van der Waals surface area contributed by atoms with Gasteiger partial charge in [0.15, 0.2) is 0 Å². The van der Waals surface area contributed by atoms with Gasteiger partial charge in [-0.25, -0.2) is 4.79 Å². The molecule has 86 valence electrons. The summed E-state index contributed by atoms with van der Waals surface area (Å²) in [4.78, 5) is 13.1. The minimum absolute atomic E-state index is 0.284. The number of rotatable bonds is 3. The van der Waals surface area contributed by atoms with Gasteiger partial charge >= 0.3 is 6.09 Å². The Kier molecular flexibility index (Phi) is 3.31. The first-order valence-corrected chi connectivity index (χ1v) is 5.50. The zero-order valence-corrected chi connectivity index (χ0v) is 9.48. The molecule has 5 heteroatoms. The molecule has 1 unspecified atom stereocenters. The summed E-state index contributed by atoms with van der Waals surface area (Å²) in [7, 11) is 0. The molecule has 1 heterocycles. The van der Waals surface area contributed by atoms with Crippen LogP contribution in [0.15, 0.2) is 24.3 Å². The number of amides is 1. The predicted octanol–water partition coefficient (Wildman–Crippen LogP) is 1.79. The fourth-order valence-corrected chi connectivity index (χ4v) is 2.00. The van der Waals surface area contributed by atoms with Crippen molar-refractivity contribution in [2.45, 2.75) is 6.10 Å². The van der Waals surface area contributed by atoms with E-state index in [0.717, 1.165) is 5.56 Å². The lowest BCUT2D eigenvalue weighted by atomic mass is 10.1. The van der Waals surface area contributed by atoms with Crippen molar-refractivity contribution in [2.75, 3.05) is 19.6 Å². The van der Waals surface area contributed by atoms with Crippen LogP contribution in [0.2, 0.25) is 5.02 Å². The maximum absolute atomic E-state index is 11.5. The van der Waals surface area contributed by atoms with Gasteiger partial charge in [0.25, 0.3) is 0 Å². The molecule has 0 aromatic heterocycles. The van der Waals surface area contributed by atoms with Crippen LogP contribution in [0.3, 0.4) is 0 Å². The van der Waals surface area contributed by atoms with E-state index in [1.165, 1.54) is 0 Å². The van der Waals surface area contributed by atoms with E-state index in [2.05, 4.69) is 0 Å². The summed E-state index contributed by atoms with van der Waals surface area (Å²) in [5, 5.41) is 0.620. The molecule has 1 fully saturated rings. The van der Waals surface area contributed by atoms with Crippen molar-refractivity contribution in [3.63, 3.8) is 0 Å². The third-order valence-electron chi connectivity index (χ3n) is 2.54. The molecule has 1 aromatic rings. The van der Waals surface area contributed by atoms with E-state index in [1.807, 2.05) is 18.2 Å². The highest BCUT2D eigenvalue weighted by Crippen LogP contribution is 2.30. The highest BCUT2D eigenvalue weighted by molar-refractivity contribution is 6.31. The van der Waals surface area contributed by atoms with Crippen LogP contribution in [-0.2, 0) is 4.74 Å². The quantitative estimate of drug-likeness (QED) is 0.877. The summed E-state index contributed by atoms with van der Waals surface area (Å²) in [5.41, 5.74) is 6.25. The maximum atomic E-state index is 11.5. The van der Waals surface area contributed by atoms with E-state index >= 15 is 0 Å². The third-order valence-corrected chi connectivity index (χ3v) is 2.88. The fraction of sp³-hybridized carbons (Fsp3) is 0.364. The SMILES string of the molecule is NCCN1CC(c2ccccc2Cl)OC1=O. The standard InChI is InChI=1S/C11H13ClN2O2/c12-9-4-2-1-3-8(9)10-7-14(6-5-13)11(15)16-10/h1-4,10H,5-7,13H2. The van der Waals surface area contributed by atoms with Gasteiger partial charge in [0.05, 0.1) is 6.54 Å². The van der Waals surface area contributed by atoms with Gasteiger partial charge in [-0.2, -0.15) is 0 Å². The van der Waals surface area contributed by atoms with Gasteiger partial charge in [-0.15, -0.1) is 0 Å². The van der Waals surface area contributed by atoms with Crippen molar-refractivity contribution in [3.8, 4) is 0 Å². The second-order valence-corrected chi connectivity index (χ2v) is 4.04. The number of hydrogen-bond donors (Lipinski definition) is 1. The summed E-state index contributed by atoms with van der Waals surface area (Å²) in [6, 6.07) is 7.38. The molecule has 0 aliphatic carbocycles. The number of carbonyl (C=O) groups excluding carboxylic acids is 1. The lowest BCUT2D eigenvalue weighted by molar-refractivity contribution is 0.133. The van der Waals surface area contributed by atoms with Crippen LogP contribution in [0.4, 0.5) is 4.79 Å². The summed E-state index contributed by atoms with van der Waals surface area (Å²) in [6.45, 7) is 1.46. The number of cyclic esters (lactones) is 1. The second kappa shape index (κ2) is 4.72. The van der Waals surface area contributed by atoms with Crippen LogP contribution in [0.5, 0.6) is 0 Å². The van der Waals surface area contributed by atoms with Crippen LogP contribution < -0.4 is 5.73 Å². The third kappa shape index (κ3) is 2.13. The summed E-state index contributed by atoms with van der Waals surface area (Å²) in [6.07, 6.45) is -0.608. The van der Waals surface area contributed by atoms with Gasteiger partial charge in [-0.3, -0.25) is 0 Å². The minimum atomic E-state index is -0.324. The topological polar surface area (TPSA) is 55.6 Å². The van der Waals surface area contributed by atoms with Crippen molar-refractivity contribution in [1.29, 1.82) is 0 Å². The molecule has 1 aromatic carbocycles. The number of halogens is 1. The summed E-state index contributed by atoms with van der Waals surface area (Å²) in [5.74, 6) is 0. The lowest BCUT2D eigenvalue weighted by Crippen LogP contribution is -2.30. The molecule has 1 aliphatic heterocycles. The van der Waals surface area contributed by atoms with E-state index in [0.29, 0.717) is 24.7 Å². The van der Waals surface area contributed by atoms with E-state index in [4.69, 9.17) is 22.1 Å². The molecule has 1 aliphatic rings. The van der Waals surface area contributed by atoms with E-state index < -0.39 is 0 Å². The van der Waals surface area contributed by atoms with Crippen molar-refractivity contribution in [3.05, 3.63) is 34.9 Å². The molecule has 0 spiro atoms. The Hall–Kier alpha value is -1.26. The lowest BCUT2D eigenvalue weighted by Gasteiger charge is -2.11. The largest absolute Gasteiger partial charge is 0.439 e. The van der Waals surface area contributed by atoms with Crippen LogP contribution in [0.1, 0.15) is 11.7 Å². The second-order valence-electron chi connectivity index (χ2n) is 3.63. The highest BCUT2D eigenvalue weighted by atomic mass is 35.5. The molecular formula is C11H13ClN2O2. The summed E-state index contributed by atoms with van der Waals surface area (Å²) < 4.78 is 5.24. The Morgan fingerprint density at radius 3 is 2.94 bits per heavy atom. The number of nitrogens with two attached hydrogens (primary N) is 1. The Morgan fingerprint density at radius 2 is 2.25 bits per heavy atom. The van der Waals surface area contributed by atoms with Crippen LogP contribution in [0.25, 0.3) is 0 Å². The Morgan fingerprint density at radius 1 is 1.50 bits per heavy atom. The molecule has 1 saturated heterocycles. The fourth-order valence-electron chi connectivity index (χ4n) is 1.74. The molecule has 0 radical (unpaired) electrons. The van der Waals surface area contributed by atoms with Crippen molar-refractivity contribution >= 4 is 17.7 Å². The van der Waals surface area contributed by atoms with Gasteiger partial charge in [0.1, 0.15) is 6.10 Å². The maximum Gasteiger partial charge on any atom is 0.410 e. The Balaban J connectivity index is 2.14. The Bertz CT molecular complexity index is 397. The van der Waals surface area contributed by atoms with E-state index in [1.54, 1.807) is 11.0 Å². The number of benzene rings is 1. The predicted molar refractivity (Wildman–Crippen MR) is 61.3 cm³/mol. The normalized spacial score (nSPS) is 20.0. The van der Waals surface area contributed by atoms with Gasteiger partial charge in [0, 0.05) is 23.7 Å². The molecule has 4 nitrogen and oxygen atoms in total. The van der Waals surface area contributed by atoms with Crippen molar-refractivity contribution in [2.24, 2.45) is 5.73 Å². The highest BCUT2D eigenvalue weighted by Gasteiger charge is 2.32. The molecule has 0 bridgehead atoms. The van der Waals surface area contributed by atoms with Crippen LogP contribution in [-0.4, -0.2) is 30.6 Å². The van der Waals surface area contributed by atoms with Gasteiger partial charge < -0.3 is 15.4 Å². The first-order chi connectivity index (χ1) is 7.72.